The van der Waals surface area contributed by atoms with Gasteiger partial charge in [-0.1, -0.05) is 11.6 Å². The number of nitrogens with zero attached hydrogens (tertiary/aromatic N) is 2. The fraction of sp³-hybridized carbons (Fsp3) is 0.200. The van der Waals surface area contributed by atoms with E-state index in [1.807, 2.05) is 0 Å². The summed E-state index contributed by atoms with van der Waals surface area (Å²) >= 11 is 8.66. The smallest absolute Gasteiger partial charge is 0.356 e. The molecule has 16 heteroatoms. The van der Waals surface area contributed by atoms with Crippen LogP contribution in [0.2, 0.25) is 5.02 Å². The second kappa shape index (κ2) is 14.4. The number of ether oxygens (including phenoxy) is 3. The molecule has 2 N–H and O–H groups in total. The minimum absolute atomic E-state index is 0.0182. The largest absolute Gasteiger partial charge is 0.492 e. The van der Waals surface area contributed by atoms with Crippen LogP contribution in [-0.2, 0) is 19.1 Å². The second-order valence-corrected chi connectivity index (χ2v) is 8.82. The topological polar surface area (TPSA) is 146 Å². The number of carbonyl (C=O) groups excluding carboxylic acids is 4. The Morgan fingerprint density at radius 2 is 1.29 bits per heavy atom. The van der Waals surface area contributed by atoms with Crippen molar-refractivity contribution in [2.75, 3.05) is 32.0 Å². The van der Waals surface area contributed by atoms with Crippen molar-refractivity contribution in [3.8, 4) is 17.0 Å². The SMILES string of the molecule is COC(=O)c1cc(NC(C)=O)c(F)c(-c2ccc(Cl)c(OC)c2F)n1.COC(=O)c1cc(NC(C)=O)c(F)c(Br)n1. The van der Waals surface area contributed by atoms with Crippen molar-refractivity contribution in [3.63, 3.8) is 0 Å². The number of esters is 2. The van der Waals surface area contributed by atoms with E-state index < -0.39 is 46.9 Å². The van der Waals surface area contributed by atoms with E-state index in [0.29, 0.717) is 0 Å². The van der Waals surface area contributed by atoms with Crippen LogP contribution in [0, 0.1) is 17.5 Å². The molecule has 3 rings (SSSR count). The molecule has 0 saturated carbocycles. The lowest BCUT2D eigenvalue weighted by Gasteiger charge is -2.13. The number of benzene rings is 1. The summed E-state index contributed by atoms with van der Waals surface area (Å²) in [5.41, 5.74) is -1.67. The highest BCUT2D eigenvalue weighted by Crippen LogP contribution is 2.36. The van der Waals surface area contributed by atoms with E-state index in [9.17, 15) is 32.3 Å². The fourth-order valence-corrected chi connectivity index (χ4v) is 3.72. The molecule has 0 unspecified atom stereocenters. The summed E-state index contributed by atoms with van der Waals surface area (Å²) in [6.45, 7) is 2.38. The first-order valence-electron chi connectivity index (χ1n) is 11.1. The Kier molecular flexibility index (Phi) is 11.6. The van der Waals surface area contributed by atoms with Gasteiger partial charge < -0.3 is 24.8 Å². The molecule has 0 radical (unpaired) electrons. The van der Waals surface area contributed by atoms with E-state index in [-0.39, 0.29) is 43.7 Å². The standard InChI is InChI=1S/C16H13ClF2N2O4.C9H8BrFN2O3/c1-7(22)20-10-6-11(16(23)25-3)21-14(13(10)19)8-4-5-9(17)15(24-2)12(8)18;1-4(14)12-5-3-6(9(15)16-2)13-8(10)7(5)11/h4-6H,1-3H3,(H,20,21,22);3H,1-2H3,(H,12,13,14). The van der Waals surface area contributed by atoms with Crippen LogP contribution in [0.1, 0.15) is 34.8 Å². The van der Waals surface area contributed by atoms with Crippen LogP contribution in [-0.4, -0.2) is 55.1 Å². The normalized spacial score (nSPS) is 10.1. The molecule has 2 heterocycles. The Labute approximate surface area is 244 Å². The van der Waals surface area contributed by atoms with Gasteiger partial charge in [0.1, 0.15) is 10.3 Å². The molecule has 2 amide bonds. The summed E-state index contributed by atoms with van der Waals surface area (Å²) in [6.07, 6.45) is 0. The summed E-state index contributed by atoms with van der Waals surface area (Å²) in [5.74, 6) is -5.66. The molecule has 0 saturated heterocycles. The highest BCUT2D eigenvalue weighted by Gasteiger charge is 2.24. The minimum Gasteiger partial charge on any atom is -0.492 e. The van der Waals surface area contributed by atoms with E-state index in [0.717, 1.165) is 26.2 Å². The van der Waals surface area contributed by atoms with Crippen molar-refractivity contribution in [1.29, 1.82) is 0 Å². The number of halogens is 5. The molecule has 11 nitrogen and oxygen atoms in total. The molecule has 0 spiro atoms. The van der Waals surface area contributed by atoms with Gasteiger partial charge in [0, 0.05) is 19.4 Å². The van der Waals surface area contributed by atoms with Gasteiger partial charge in [-0.3, -0.25) is 9.59 Å². The highest BCUT2D eigenvalue weighted by molar-refractivity contribution is 9.10. The first-order chi connectivity index (χ1) is 19.2. The van der Waals surface area contributed by atoms with E-state index >= 15 is 0 Å². The lowest BCUT2D eigenvalue weighted by Crippen LogP contribution is -2.13. The summed E-state index contributed by atoms with van der Waals surface area (Å²) in [4.78, 5) is 52.4. The van der Waals surface area contributed by atoms with Crippen molar-refractivity contribution < 1.29 is 46.6 Å². The van der Waals surface area contributed by atoms with Gasteiger partial charge in [0.2, 0.25) is 11.8 Å². The average molecular weight is 662 g/mol. The molecule has 0 bridgehead atoms. The monoisotopic (exact) mass is 660 g/mol. The molecule has 0 aliphatic rings. The van der Waals surface area contributed by atoms with Crippen LogP contribution in [0.15, 0.2) is 28.9 Å². The number of pyridine rings is 2. The molecule has 2 aromatic heterocycles. The third-order valence-electron chi connectivity index (χ3n) is 4.79. The summed E-state index contributed by atoms with van der Waals surface area (Å²) in [5, 5.41) is 4.44. The van der Waals surface area contributed by atoms with Crippen LogP contribution < -0.4 is 15.4 Å². The van der Waals surface area contributed by atoms with Gasteiger partial charge in [-0.15, -0.1) is 0 Å². The molecule has 218 valence electrons. The zero-order chi connectivity index (χ0) is 31.0. The molecule has 0 aliphatic heterocycles. The van der Waals surface area contributed by atoms with E-state index in [4.69, 9.17) is 16.3 Å². The van der Waals surface area contributed by atoms with Crippen molar-refractivity contribution in [3.05, 3.63) is 62.7 Å². The van der Waals surface area contributed by atoms with Crippen LogP contribution >= 0.6 is 27.5 Å². The zero-order valence-corrected chi connectivity index (χ0v) is 24.3. The number of carbonyl (C=O) groups is 4. The van der Waals surface area contributed by atoms with Gasteiger partial charge in [-0.2, -0.15) is 0 Å². The van der Waals surface area contributed by atoms with Crippen LogP contribution in [0.5, 0.6) is 5.75 Å². The van der Waals surface area contributed by atoms with Crippen molar-refractivity contribution in [2.45, 2.75) is 13.8 Å². The van der Waals surface area contributed by atoms with Gasteiger partial charge in [-0.25, -0.2) is 32.7 Å². The van der Waals surface area contributed by atoms with Crippen LogP contribution in [0.3, 0.4) is 0 Å². The lowest BCUT2D eigenvalue weighted by molar-refractivity contribution is -0.115. The Morgan fingerprint density at radius 1 is 0.805 bits per heavy atom. The van der Waals surface area contributed by atoms with Crippen LogP contribution in [0.25, 0.3) is 11.3 Å². The summed E-state index contributed by atoms with van der Waals surface area (Å²) in [6, 6.07) is 4.58. The second-order valence-electron chi connectivity index (χ2n) is 7.67. The lowest BCUT2D eigenvalue weighted by atomic mass is 10.1. The predicted molar refractivity (Wildman–Crippen MR) is 144 cm³/mol. The van der Waals surface area contributed by atoms with Gasteiger partial charge in [0.15, 0.2) is 34.6 Å². The van der Waals surface area contributed by atoms with Gasteiger partial charge in [0.05, 0.1) is 37.7 Å². The molecule has 0 atom stereocenters. The third-order valence-corrected chi connectivity index (χ3v) is 5.62. The maximum Gasteiger partial charge on any atom is 0.356 e. The zero-order valence-electron chi connectivity index (χ0n) is 22.0. The highest BCUT2D eigenvalue weighted by atomic mass is 79.9. The quantitative estimate of drug-likeness (QED) is 0.270. The van der Waals surface area contributed by atoms with Gasteiger partial charge >= 0.3 is 11.9 Å². The van der Waals surface area contributed by atoms with E-state index in [1.165, 1.54) is 33.3 Å². The average Bonchev–Trinajstić information content (AvgIpc) is 2.91. The van der Waals surface area contributed by atoms with E-state index in [1.54, 1.807) is 0 Å². The molecule has 0 fully saturated rings. The van der Waals surface area contributed by atoms with E-state index in [2.05, 4.69) is 46.0 Å². The fourth-order valence-electron chi connectivity index (χ4n) is 3.09. The van der Waals surface area contributed by atoms with Crippen molar-refractivity contribution in [2.24, 2.45) is 0 Å². The third kappa shape index (κ3) is 8.14. The maximum atomic E-state index is 14.7. The number of hydrogen-bond donors (Lipinski definition) is 2. The van der Waals surface area contributed by atoms with Crippen molar-refractivity contribution >= 4 is 62.7 Å². The van der Waals surface area contributed by atoms with Gasteiger partial charge in [-0.05, 0) is 40.2 Å². The summed E-state index contributed by atoms with van der Waals surface area (Å²) in [7, 11) is 3.49. The Bertz CT molecular complexity index is 1530. The molecule has 3 aromatic rings. The van der Waals surface area contributed by atoms with Crippen molar-refractivity contribution in [1.82, 2.24) is 9.97 Å². The number of anilines is 2. The van der Waals surface area contributed by atoms with Gasteiger partial charge in [0.25, 0.3) is 0 Å². The number of aromatic nitrogens is 2. The molecular weight excluding hydrogens is 641 g/mol. The number of amides is 2. The maximum absolute atomic E-state index is 14.7. The Hall–Kier alpha value is -4.24. The summed E-state index contributed by atoms with van der Waals surface area (Å²) < 4.78 is 56.4. The number of methoxy groups -OCH3 is 3. The molecular formula is C25H21BrClF3N4O7. The molecule has 1 aromatic carbocycles. The Balaban J connectivity index is 0.000000317. The first kappa shape index (κ1) is 33.0. The minimum atomic E-state index is -1.02. The predicted octanol–water partition coefficient (Wildman–Crippen LogP) is 5.16. The van der Waals surface area contributed by atoms with Crippen LogP contribution in [0.4, 0.5) is 24.5 Å². The Morgan fingerprint density at radius 3 is 1.76 bits per heavy atom. The number of nitrogens with one attached hydrogen (secondary N) is 2. The molecule has 41 heavy (non-hydrogen) atoms. The number of hydrogen-bond acceptors (Lipinski definition) is 9. The number of rotatable bonds is 6. The first-order valence-corrected chi connectivity index (χ1v) is 12.2. The molecule has 0 aliphatic carbocycles.